The van der Waals surface area contributed by atoms with Gasteiger partial charge in [0, 0.05) is 26.1 Å². The highest BCUT2D eigenvalue weighted by Gasteiger charge is 2.28. The molecule has 0 bridgehead atoms. The van der Waals surface area contributed by atoms with E-state index in [1.54, 1.807) is 0 Å². The van der Waals surface area contributed by atoms with Crippen LogP contribution in [0.2, 0.25) is 0 Å². The monoisotopic (exact) mass is 238 g/mol. The van der Waals surface area contributed by atoms with Crippen LogP contribution in [0, 0.1) is 11.8 Å². The summed E-state index contributed by atoms with van der Waals surface area (Å²) in [6, 6.07) is 0.391. The van der Waals surface area contributed by atoms with Crippen LogP contribution in [-0.4, -0.2) is 30.4 Å². The minimum Gasteiger partial charge on any atom is -0.345 e. The standard InChI is InChI=1S/C14H26N2O/c1-16(10-12-8-13(15)9-12)14(17)7-6-11-4-2-3-5-11/h11-13H,2-10,15H2,1H3. The molecular weight excluding hydrogens is 212 g/mol. The third-order valence-corrected chi connectivity index (χ3v) is 4.47. The first-order valence-electron chi connectivity index (χ1n) is 7.14. The van der Waals surface area contributed by atoms with Gasteiger partial charge in [-0.2, -0.15) is 0 Å². The van der Waals surface area contributed by atoms with Gasteiger partial charge in [-0.25, -0.2) is 0 Å². The van der Waals surface area contributed by atoms with Crippen LogP contribution < -0.4 is 5.73 Å². The van der Waals surface area contributed by atoms with E-state index in [2.05, 4.69) is 0 Å². The zero-order valence-corrected chi connectivity index (χ0v) is 11.0. The lowest BCUT2D eigenvalue weighted by atomic mass is 9.80. The molecule has 3 nitrogen and oxygen atoms in total. The molecule has 0 saturated heterocycles. The summed E-state index contributed by atoms with van der Waals surface area (Å²) < 4.78 is 0. The highest BCUT2D eigenvalue weighted by Crippen LogP contribution is 2.29. The minimum atomic E-state index is 0.331. The second-order valence-electron chi connectivity index (χ2n) is 6.06. The van der Waals surface area contributed by atoms with Gasteiger partial charge in [0.15, 0.2) is 0 Å². The number of carbonyl (C=O) groups excluding carboxylic acids is 1. The predicted octanol–water partition coefficient (Wildman–Crippen LogP) is 2.15. The third-order valence-electron chi connectivity index (χ3n) is 4.47. The van der Waals surface area contributed by atoms with Crippen molar-refractivity contribution >= 4 is 5.91 Å². The van der Waals surface area contributed by atoms with Crippen molar-refractivity contribution in [1.29, 1.82) is 0 Å². The van der Waals surface area contributed by atoms with Crippen LogP contribution in [0.25, 0.3) is 0 Å². The fraction of sp³-hybridized carbons (Fsp3) is 0.929. The topological polar surface area (TPSA) is 46.3 Å². The van der Waals surface area contributed by atoms with Crippen LogP contribution >= 0.6 is 0 Å². The number of hydrogen-bond donors (Lipinski definition) is 1. The van der Waals surface area contributed by atoms with Crippen LogP contribution in [0.15, 0.2) is 0 Å². The summed E-state index contributed by atoms with van der Waals surface area (Å²) in [5, 5.41) is 0. The van der Waals surface area contributed by atoms with Crippen LogP contribution in [-0.2, 0) is 4.79 Å². The van der Waals surface area contributed by atoms with Crippen LogP contribution in [0.5, 0.6) is 0 Å². The van der Waals surface area contributed by atoms with Gasteiger partial charge >= 0.3 is 0 Å². The number of carbonyl (C=O) groups is 1. The fourth-order valence-corrected chi connectivity index (χ4v) is 3.24. The molecule has 2 rings (SSSR count). The van der Waals surface area contributed by atoms with Gasteiger partial charge in [-0.3, -0.25) is 4.79 Å². The summed E-state index contributed by atoms with van der Waals surface area (Å²) in [6.45, 7) is 0.914. The predicted molar refractivity (Wildman–Crippen MR) is 69.5 cm³/mol. The van der Waals surface area contributed by atoms with E-state index in [-0.39, 0.29) is 0 Å². The molecule has 0 aromatic heterocycles. The van der Waals surface area contributed by atoms with Crippen LogP contribution in [0.4, 0.5) is 0 Å². The first-order chi connectivity index (χ1) is 8.15. The lowest BCUT2D eigenvalue weighted by Gasteiger charge is -2.35. The molecule has 2 N–H and O–H groups in total. The molecule has 0 heterocycles. The lowest BCUT2D eigenvalue weighted by molar-refractivity contribution is -0.131. The average Bonchev–Trinajstić information content (AvgIpc) is 2.76. The Morgan fingerprint density at radius 2 is 1.88 bits per heavy atom. The molecule has 0 aromatic rings. The number of hydrogen-bond acceptors (Lipinski definition) is 2. The highest BCUT2D eigenvalue weighted by molar-refractivity contribution is 5.75. The SMILES string of the molecule is CN(CC1CC(N)C1)C(=O)CCC1CCCC1. The van der Waals surface area contributed by atoms with Crippen molar-refractivity contribution in [2.75, 3.05) is 13.6 Å². The Bertz CT molecular complexity index is 255. The Labute approximate surface area is 105 Å². The number of rotatable bonds is 5. The molecule has 0 aliphatic heterocycles. The van der Waals surface area contributed by atoms with Gasteiger partial charge in [0.2, 0.25) is 5.91 Å². The normalized spacial score (nSPS) is 29.1. The largest absolute Gasteiger partial charge is 0.345 e. The molecule has 1 amide bonds. The van der Waals surface area contributed by atoms with Gasteiger partial charge in [-0.05, 0) is 31.1 Å². The second-order valence-corrected chi connectivity index (χ2v) is 6.06. The van der Waals surface area contributed by atoms with Crippen LogP contribution in [0.3, 0.4) is 0 Å². The Morgan fingerprint density at radius 1 is 1.24 bits per heavy atom. The summed E-state index contributed by atoms with van der Waals surface area (Å²) in [7, 11) is 1.95. The summed E-state index contributed by atoms with van der Waals surface area (Å²) >= 11 is 0. The Morgan fingerprint density at radius 3 is 2.47 bits per heavy atom. The van der Waals surface area contributed by atoms with E-state index < -0.39 is 0 Å². The van der Waals surface area contributed by atoms with Gasteiger partial charge in [0.05, 0.1) is 0 Å². The molecule has 3 heteroatoms. The average molecular weight is 238 g/mol. The van der Waals surface area contributed by atoms with Crippen molar-refractivity contribution in [3.63, 3.8) is 0 Å². The fourth-order valence-electron chi connectivity index (χ4n) is 3.24. The zero-order valence-electron chi connectivity index (χ0n) is 11.0. The third kappa shape index (κ3) is 3.70. The van der Waals surface area contributed by atoms with Crippen molar-refractivity contribution in [2.24, 2.45) is 17.6 Å². The van der Waals surface area contributed by atoms with E-state index in [1.807, 2.05) is 11.9 Å². The van der Waals surface area contributed by atoms with E-state index in [1.165, 1.54) is 25.7 Å². The molecule has 0 atom stereocenters. The van der Waals surface area contributed by atoms with Gasteiger partial charge in [-0.1, -0.05) is 25.7 Å². The summed E-state index contributed by atoms with van der Waals surface area (Å²) in [4.78, 5) is 13.9. The molecule has 2 saturated carbocycles. The summed E-state index contributed by atoms with van der Waals surface area (Å²) in [5.74, 6) is 1.81. The summed E-state index contributed by atoms with van der Waals surface area (Å²) in [6.07, 6.45) is 9.47. The molecule has 0 unspecified atom stereocenters. The van der Waals surface area contributed by atoms with E-state index in [4.69, 9.17) is 5.73 Å². The maximum absolute atomic E-state index is 12.0. The zero-order chi connectivity index (χ0) is 12.3. The molecule has 0 spiro atoms. The number of nitrogens with two attached hydrogens (primary N) is 1. The Balaban J connectivity index is 1.61. The first-order valence-corrected chi connectivity index (χ1v) is 7.14. The molecule has 2 aliphatic rings. The van der Waals surface area contributed by atoms with E-state index in [0.717, 1.165) is 38.1 Å². The van der Waals surface area contributed by atoms with Crippen molar-refractivity contribution in [2.45, 2.75) is 57.4 Å². The van der Waals surface area contributed by atoms with Gasteiger partial charge in [-0.15, -0.1) is 0 Å². The lowest BCUT2D eigenvalue weighted by Crippen LogP contribution is -2.43. The van der Waals surface area contributed by atoms with Gasteiger partial charge in [0.1, 0.15) is 0 Å². The van der Waals surface area contributed by atoms with E-state index in [0.29, 0.717) is 17.9 Å². The molecule has 2 aliphatic carbocycles. The molecule has 2 fully saturated rings. The maximum atomic E-state index is 12.0. The van der Waals surface area contributed by atoms with Gasteiger partial charge < -0.3 is 10.6 Å². The first kappa shape index (κ1) is 12.9. The summed E-state index contributed by atoms with van der Waals surface area (Å²) in [5.41, 5.74) is 5.76. The molecule has 17 heavy (non-hydrogen) atoms. The van der Waals surface area contributed by atoms with E-state index in [9.17, 15) is 4.79 Å². The molecule has 0 aromatic carbocycles. The quantitative estimate of drug-likeness (QED) is 0.797. The molecule has 0 radical (unpaired) electrons. The van der Waals surface area contributed by atoms with Crippen molar-refractivity contribution in [3.05, 3.63) is 0 Å². The Hall–Kier alpha value is -0.570. The van der Waals surface area contributed by atoms with Crippen molar-refractivity contribution in [3.8, 4) is 0 Å². The number of nitrogens with zero attached hydrogens (tertiary/aromatic N) is 1. The van der Waals surface area contributed by atoms with Crippen molar-refractivity contribution in [1.82, 2.24) is 4.90 Å². The van der Waals surface area contributed by atoms with Crippen LogP contribution in [0.1, 0.15) is 51.4 Å². The minimum absolute atomic E-state index is 0.331. The molecular formula is C14H26N2O. The smallest absolute Gasteiger partial charge is 0.222 e. The Kier molecular flexibility index (Phi) is 4.43. The van der Waals surface area contributed by atoms with Crippen molar-refractivity contribution < 1.29 is 4.79 Å². The van der Waals surface area contributed by atoms with E-state index >= 15 is 0 Å². The maximum Gasteiger partial charge on any atom is 0.222 e. The molecule has 98 valence electrons. The highest BCUT2D eigenvalue weighted by atomic mass is 16.2. The second kappa shape index (κ2) is 5.85. The van der Waals surface area contributed by atoms with Gasteiger partial charge in [0.25, 0.3) is 0 Å². The number of amides is 1.